The molecule has 30 heavy (non-hydrogen) atoms. The van der Waals surface area contributed by atoms with Crippen LogP contribution in [0.15, 0.2) is 12.1 Å². The predicted octanol–water partition coefficient (Wildman–Crippen LogP) is 2.44. The van der Waals surface area contributed by atoms with Crippen molar-refractivity contribution in [3.8, 4) is 5.75 Å². The van der Waals surface area contributed by atoms with Gasteiger partial charge in [0.05, 0.1) is 13.2 Å². The second-order valence-corrected chi connectivity index (χ2v) is 8.89. The first-order valence-corrected chi connectivity index (χ1v) is 10.7. The van der Waals surface area contributed by atoms with Crippen LogP contribution in [-0.2, 0) is 4.74 Å². The first-order chi connectivity index (χ1) is 14.4. The van der Waals surface area contributed by atoms with Gasteiger partial charge in [0.25, 0.3) is 5.91 Å². The van der Waals surface area contributed by atoms with Gasteiger partial charge in [0.1, 0.15) is 22.9 Å². The van der Waals surface area contributed by atoms with Crippen molar-refractivity contribution < 1.29 is 28.2 Å². The molecular weight excluding hydrogens is 394 g/mol. The molecule has 0 saturated carbocycles. The summed E-state index contributed by atoms with van der Waals surface area (Å²) in [7, 11) is 1.32. The van der Waals surface area contributed by atoms with Gasteiger partial charge >= 0.3 is 0 Å². The lowest BCUT2D eigenvalue weighted by Crippen LogP contribution is -2.57. The van der Waals surface area contributed by atoms with Crippen LogP contribution in [0.2, 0.25) is 0 Å². The van der Waals surface area contributed by atoms with Crippen LogP contribution < -0.4 is 4.74 Å². The number of carbonyl (C=O) groups is 1. The monoisotopic (exact) mass is 424 g/mol. The van der Waals surface area contributed by atoms with Gasteiger partial charge in [-0.15, -0.1) is 0 Å². The summed E-state index contributed by atoms with van der Waals surface area (Å²) in [6.07, 6.45) is 3.71. The van der Waals surface area contributed by atoms with E-state index in [4.69, 9.17) is 9.47 Å². The molecule has 0 bridgehead atoms. The molecule has 1 amide bonds. The summed E-state index contributed by atoms with van der Waals surface area (Å²) in [6, 6.07) is 2.49. The number of piperidine rings is 2. The zero-order valence-corrected chi connectivity index (χ0v) is 17.4. The Morgan fingerprint density at radius 1 is 1.20 bits per heavy atom. The van der Waals surface area contributed by atoms with E-state index in [9.17, 15) is 18.7 Å². The van der Waals surface area contributed by atoms with Crippen LogP contribution in [0.1, 0.15) is 42.5 Å². The molecule has 3 aliphatic heterocycles. The van der Waals surface area contributed by atoms with Gasteiger partial charge in [0.2, 0.25) is 0 Å². The van der Waals surface area contributed by atoms with Crippen molar-refractivity contribution in [3.63, 3.8) is 0 Å². The smallest absolute Gasteiger partial charge is 0.259 e. The Morgan fingerprint density at radius 3 is 2.43 bits per heavy atom. The molecule has 3 fully saturated rings. The molecule has 1 aromatic carbocycles. The van der Waals surface area contributed by atoms with Crippen molar-refractivity contribution in [3.05, 3.63) is 29.3 Å². The highest BCUT2D eigenvalue weighted by molar-refractivity contribution is 5.95. The lowest BCUT2D eigenvalue weighted by Gasteiger charge is -2.51. The number of ether oxygens (including phenoxy) is 2. The highest BCUT2D eigenvalue weighted by atomic mass is 19.1. The molecular formula is C22H30F2N2O4. The van der Waals surface area contributed by atoms with E-state index in [1.165, 1.54) is 12.0 Å². The van der Waals surface area contributed by atoms with Crippen molar-refractivity contribution in [1.82, 2.24) is 9.80 Å². The van der Waals surface area contributed by atoms with Gasteiger partial charge in [-0.2, -0.15) is 0 Å². The van der Waals surface area contributed by atoms with Crippen molar-refractivity contribution in [2.45, 2.75) is 44.2 Å². The third-order valence-corrected chi connectivity index (χ3v) is 6.94. The van der Waals surface area contributed by atoms with Crippen molar-refractivity contribution >= 4 is 5.91 Å². The van der Waals surface area contributed by atoms with Gasteiger partial charge in [-0.1, -0.05) is 0 Å². The van der Waals surface area contributed by atoms with Crippen LogP contribution in [0.5, 0.6) is 5.75 Å². The summed E-state index contributed by atoms with van der Waals surface area (Å²) >= 11 is 0. The Kier molecular flexibility index (Phi) is 6.27. The average Bonchev–Trinajstić information content (AvgIpc) is 2.73. The number of carbonyl (C=O) groups excluding carboxylic acids is 1. The minimum Gasteiger partial charge on any atom is -0.497 e. The summed E-state index contributed by atoms with van der Waals surface area (Å²) in [5.41, 5.74) is -0.594. The maximum Gasteiger partial charge on any atom is 0.259 e. The van der Waals surface area contributed by atoms with E-state index in [-0.39, 0.29) is 17.3 Å². The Bertz CT molecular complexity index is 753. The minimum absolute atomic E-state index is 0.0449. The van der Waals surface area contributed by atoms with E-state index in [1.54, 1.807) is 0 Å². The zero-order chi connectivity index (χ0) is 21.3. The number of β-amino-alcohol motifs (C(OH)–C–C–N with tert-alkyl or cyclic N) is 1. The third kappa shape index (κ3) is 4.31. The number of aliphatic hydroxyl groups excluding tert-OH is 1. The Morgan fingerprint density at radius 2 is 1.83 bits per heavy atom. The number of likely N-dealkylation sites (tertiary alicyclic amines) is 2. The fourth-order valence-corrected chi connectivity index (χ4v) is 5.30. The topological polar surface area (TPSA) is 62.2 Å². The number of aliphatic hydroxyl groups is 1. The molecule has 0 radical (unpaired) electrons. The van der Waals surface area contributed by atoms with E-state index in [0.717, 1.165) is 57.6 Å². The SMILES string of the molecule is COc1cc(F)c(C(=O)N2CCC3(CC2)CC(O)CN(C2CCOCC2)C3)c(F)c1. The first-order valence-electron chi connectivity index (χ1n) is 10.7. The van der Waals surface area contributed by atoms with Crippen molar-refractivity contribution in [2.24, 2.45) is 5.41 Å². The van der Waals surface area contributed by atoms with E-state index >= 15 is 0 Å². The molecule has 1 aromatic rings. The zero-order valence-electron chi connectivity index (χ0n) is 17.4. The largest absolute Gasteiger partial charge is 0.497 e. The van der Waals surface area contributed by atoms with Gasteiger partial charge < -0.3 is 19.5 Å². The molecule has 6 nitrogen and oxygen atoms in total. The summed E-state index contributed by atoms with van der Waals surface area (Å²) < 4.78 is 39.0. The van der Waals surface area contributed by atoms with Crippen molar-refractivity contribution in [2.75, 3.05) is 46.5 Å². The average molecular weight is 424 g/mol. The molecule has 4 rings (SSSR count). The number of nitrogens with zero attached hydrogens (tertiary/aromatic N) is 2. The molecule has 3 heterocycles. The fraction of sp³-hybridized carbons (Fsp3) is 0.682. The van der Waals surface area contributed by atoms with Gasteiger partial charge in [-0.25, -0.2) is 8.78 Å². The number of hydrogen-bond acceptors (Lipinski definition) is 5. The predicted molar refractivity (Wildman–Crippen MR) is 107 cm³/mol. The maximum atomic E-state index is 14.3. The van der Waals surface area contributed by atoms with Gasteiger partial charge in [-0.05, 0) is 37.5 Å². The Balaban J connectivity index is 1.43. The van der Waals surface area contributed by atoms with Crippen LogP contribution in [-0.4, -0.2) is 79.5 Å². The number of rotatable bonds is 3. The summed E-state index contributed by atoms with van der Waals surface area (Å²) in [6.45, 7) is 3.94. The highest BCUT2D eigenvalue weighted by Gasteiger charge is 2.44. The summed E-state index contributed by atoms with van der Waals surface area (Å²) in [5, 5.41) is 10.5. The lowest BCUT2D eigenvalue weighted by atomic mass is 9.71. The number of amides is 1. The molecule has 3 saturated heterocycles. The molecule has 1 atom stereocenters. The molecule has 8 heteroatoms. The Labute approximate surface area is 175 Å². The summed E-state index contributed by atoms with van der Waals surface area (Å²) in [5.74, 6) is -2.39. The molecule has 166 valence electrons. The van der Waals surface area contributed by atoms with Crippen molar-refractivity contribution in [1.29, 1.82) is 0 Å². The number of methoxy groups -OCH3 is 1. The third-order valence-electron chi connectivity index (χ3n) is 6.94. The van der Waals surface area contributed by atoms with Crippen LogP contribution in [0.4, 0.5) is 8.78 Å². The van der Waals surface area contributed by atoms with E-state index < -0.39 is 23.1 Å². The summed E-state index contributed by atoms with van der Waals surface area (Å²) in [4.78, 5) is 16.7. The molecule has 1 unspecified atom stereocenters. The molecule has 1 spiro atoms. The maximum absolute atomic E-state index is 14.3. The van der Waals surface area contributed by atoms with Crippen LogP contribution in [0.3, 0.4) is 0 Å². The Hall–Kier alpha value is -1.77. The normalized spacial score (nSPS) is 25.5. The van der Waals surface area contributed by atoms with Crippen LogP contribution in [0.25, 0.3) is 0 Å². The minimum atomic E-state index is -0.907. The number of halogens is 2. The van der Waals surface area contributed by atoms with E-state index in [0.29, 0.717) is 32.1 Å². The van der Waals surface area contributed by atoms with E-state index in [2.05, 4.69) is 4.90 Å². The molecule has 0 aromatic heterocycles. The second-order valence-electron chi connectivity index (χ2n) is 8.89. The second kappa shape index (κ2) is 8.77. The van der Waals surface area contributed by atoms with Crippen LogP contribution in [0, 0.1) is 17.0 Å². The van der Waals surface area contributed by atoms with Gasteiger partial charge in [0, 0.05) is 57.6 Å². The van der Waals surface area contributed by atoms with Gasteiger partial charge in [-0.3, -0.25) is 9.69 Å². The fourth-order valence-electron chi connectivity index (χ4n) is 5.30. The highest BCUT2D eigenvalue weighted by Crippen LogP contribution is 2.41. The molecule has 1 N–H and O–H groups in total. The first kappa shape index (κ1) is 21.5. The lowest BCUT2D eigenvalue weighted by molar-refractivity contribution is -0.0695. The molecule has 3 aliphatic rings. The van der Waals surface area contributed by atoms with E-state index in [1.807, 2.05) is 0 Å². The standard InChI is InChI=1S/C22H30F2N2O4/c1-29-17-10-18(23)20(19(24)11-17)21(28)25-6-4-22(5-7-25)12-16(27)13-26(14-22)15-2-8-30-9-3-15/h10-11,15-16,27H,2-9,12-14H2,1H3. The number of hydrogen-bond donors (Lipinski definition) is 1. The van der Waals surface area contributed by atoms with Crippen LogP contribution >= 0.6 is 0 Å². The van der Waals surface area contributed by atoms with Gasteiger partial charge in [0.15, 0.2) is 0 Å². The molecule has 0 aliphatic carbocycles. The quantitative estimate of drug-likeness (QED) is 0.808. The number of benzene rings is 1.